The van der Waals surface area contributed by atoms with E-state index in [2.05, 4.69) is 20.0 Å². The standard InChI is InChI=1S/C15H18ClN5O3/c1-9-18-14(24-19-9)13-8-23-3-2-21(13)11-6-20(7-11)15(22)12-4-10(16)5-17-12/h4-5,11,13,17H,2-3,6-8H2,1H3. The molecule has 1 atom stereocenters. The Kier molecular flexibility index (Phi) is 4.03. The molecule has 9 heteroatoms. The maximum Gasteiger partial charge on any atom is 0.270 e. The number of nitrogens with zero attached hydrogens (tertiary/aromatic N) is 4. The molecule has 4 heterocycles. The Morgan fingerprint density at radius 1 is 1.46 bits per heavy atom. The average molecular weight is 352 g/mol. The number of carbonyl (C=O) groups is 1. The van der Waals surface area contributed by atoms with Gasteiger partial charge in [-0.1, -0.05) is 16.8 Å². The predicted molar refractivity (Wildman–Crippen MR) is 84.8 cm³/mol. The van der Waals surface area contributed by atoms with Crippen molar-refractivity contribution in [3.63, 3.8) is 0 Å². The number of morpholine rings is 1. The molecule has 128 valence electrons. The fourth-order valence-electron chi connectivity index (χ4n) is 3.21. The molecule has 2 saturated heterocycles. The molecule has 0 aliphatic carbocycles. The van der Waals surface area contributed by atoms with E-state index in [0.717, 1.165) is 6.54 Å². The van der Waals surface area contributed by atoms with Crippen LogP contribution in [0.5, 0.6) is 0 Å². The van der Waals surface area contributed by atoms with Crippen LogP contribution in [0.1, 0.15) is 28.2 Å². The van der Waals surface area contributed by atoms with Crippen LogP contribution in [-0.4, -0.2) is 69.7 Å². The van der Waals surface area contributed by atoms with Crippen molar-refractivity contribution >= 4 is 17.5 Å². The summed E-state index contributed by atoms with van der Waals surface area (Å²) < 4.78 is 10.9. The fourth-order valence-corrected chi connectivity index (χ4v) is 3.37. The van der Waals surface area contributed by atoms with E-state index >= 15 is 0 Å². The molecule has 0 radical (unpaired) electrons. The minimum atomic E-state index is -0.0536. The third-order valence-corrected chi connectivity index (χ3v) is 4.71. The summed E-state index contributed by atoms with van der Waals surface area (Å²) in [5, 5.41) is 4.40. The number of likely N-dealkylation sites (tertiary alicyclic amines) is 1. The molecule has 0 spiro atoms. The van der Waals surface area contributed by atoms with Crippen molar-refractivity contribution in [3.05, 3.63) is 34.7 Å². The van der Waals surface area contributed by atoms with Gasteiger partial charge in [0.05, 0.1) is 18.2 Å². The lowest BCUT2D eigenvalue weighted by Gasteiger charge is -2.48. The van der Waals surface area contributed by atoms with Gasteiger partial charge in [-0.2, -0.15) is 4.98 Å². The monoisotopic (exact) mass is 351 g/mol. The molecular formula is C15H18ClN5O3. The van der Waals surface area contributed by atoms with E-state index in [0.29, 0.717) is 48.7 Å². The van der Waals surface area contributed by atoms with Gasteiger partial charge in [0.15, 0.2) is 5.82 Å². The van der Waals surface area contributed by atoms with Gasteiger partial charge in [-0.05, 0) is 13.0 Å². The summed E-state index contributed by atoms with van der Waals surface area (Å²) in [5.74, 6) is 1.16. The lowest BCUT2D eigenvalue weighted by atomic mass is 10.0. The van der Waals surface area contributed by atoms with Gasteiger partial charge < -0.3 is 19.1 Å². The number of halogens is 1. The molecule has 1 N–H and O–H groups in total. The molecule has 8 nitrogen and oxygen atoms in total. The molecule has 1 unspecified atom stereocenters. The second kappa shape index (κ2) is 6.19. The Hall–Kier alpha value is -1.90. The van der Waals surface area contributed by atoms with Gasteiger partial charge in [0, 0.05) is 31.9 Å². The zero-order valence-corrected chi connectivity index (χ0v) is 14.0. The van der Waals surface area contributed by atoms with Gasteiger partial charge in [0.25, 0.3) is 5.91 Å². The molecule has 2 aromatic rings. The first-order valence-corrected chi connectivity index (χ1v) is 8.26. The van der Waals surface area contributed by atoms with Gasteiger partial charge in [-0.15, -0.1) is 0 Å². The first-order chi connectivity index (χ1) is 11.6. The summed E-state index contributed by atoms with van der Waals surface area (Å²) in [6.07, 6.45) is 1.61. The predicted octanol–water partition coefficient (Wildman–Crippen LogP) is 1.26. The summed E-state index contributed by atoms with van der Waals surface area (Å²) in [4.78, 5) is 23.7. The van der Waals surface area contributed by atoms with E-state index in [-0.39, 0.29) is 18.0 Å². The zero-order chi connectivity index (χ0) is 16.7. The summed E-state index contributed by atoms with van der Waals surface area (Å²) >= 11 is 5.86. The first kappa shape index (κ1) is 15.6. The van der Waals surface area contributed by atoms with Crippen LogP contribution in [0.15, 0.2) is 16.8 Å². The van der Waals surface area contributed by atoms with Crippen LogP contribution in [0.4, 0.5) is 0 Å². The van der Waals surface area contributed by atoms with Crippen LogP contribution in [0, 0.1) is 6.92 Å². The van der Waals surface area contributed by atoms with Crippen molar-refractivity contribution in [1.29, 1.82) is 0 Å². The van der Waals surface area contributed by atoms with Crippen LogP contribution >= 0.6 is 11.6 Å². The molecule has 2 aromatic heterocycles. The molecule has 4 rings (SSSR count). The molecule has 2 aliphatic rings. The number of aryl methyl sites for hydroxylation is 1. The van der Waals surface area contributed by atoms with E-state index in [1.807, 2.05) is 0 Å². The maximum atomic E-state index is 12.4. The highest BCUT2D eigenvalue weighted by Crippen LogP contribution is 2.29. The SMILES string of the molecule is Cc1noc(C2COCCN2C2CN(C(=O)c3cc(Cl)c[nH]3)C2)n1. The zero-order valence-electron chi connectivity index (χ0n) is 13.2. The minimum Gasteiger partial charge on any atom is -0.378 e. The largest absolute Gasteiger partial charge is 0.378 e. The van der Waals surface area contributed by atoms with Crippen molar-refractivity contribution in [1.82, 2.24) is 24.9 Å². The van der Waals surface area contributed by atoms with E-state index < -0.39 is 0 Å². The van der Waals surface area contributed by atoms with Gasteiger partial charge in [0.2, 0.25) is 5.89 Å². The Labute approximate surface area is 143 Å². The molecule has 24 heavy (non-hydrogen) atoms. The Morgan fingerprint density at radius 3 is 2.96 bits per heavy atom. The van der Waals surface area contributed by atoms with Crippen LogP contribution in [0.2, 0.25) is 5.02 Å². The van der Waals surface area contributed by atoms with E-state index in [9.17, 15) is 4.79 Å². The average Bonchev–Trinajstić information content (AvgIpc) is 3.15. The molecule has 0 bridgehead atoms. The number of nitrogens with one attached hydrogen (secondary N) is 1. The number of aromatic amines is 1. The highest BCUT2D eigenvalue weighted by Gasteiger charge is 2.41. The highest BCUT2D eigenvalue weighted by molar-refractivity contribution is 6.30. The van der Waals surface area contributed by atoms with Crippen molar-refractivity contribution in [2.24, 2.45) is 0 Å². The van der Waals surface area contributed by atoms with Gasteiger partial charge in [0.1, 0.15) is 11.7 Å². The lowest BCUT2D eigenvalue weighted by molar-refractivity contribution is -0.0713. The van der Waals surface area contributed by atoms with Crippen molar-refractivity contribution in [2.75, 3.05) is 32.8 Å². The number of rotatable bonds is 3. The Balaban J connectivity index is 1.42. The smallest absolute Gasteiger partial charge is 0.270 e. The summed E-state index contributed by atoms with van der Waals surface area (Å²) in [5.41, 5.74) is 0.518. The quantitative estimate of drug-likeness (QED) is 0.895. The molecule has 2 fully saturated rings. The van der Waals surface area contributed by atoms with Crippen LogP contribution in [-0.2, 0) is 4.74 Å². The number of ether oxygens (including phenoxy) is 1. The first-order valence-electron chi connectivity index (χ1n) is 7.88. The lowest BCUT2D eigenvalue weighted by Crippen LogP contribution is -2.63. The Morgan fingerprint density at radius 2 is 2.29 bits per heavy atom. The van der Waals surface area contributed by atoms with Crippen molar-refractivity contribution < 1.29 is 14.1 Å². The van der Waals surface area contributed by atoms with Gasteiger partial charge in [-0.25, -0.2) is 0 Å². The summed E-state index contributed by atoms with van der Waals surface area (Å²) in [7, 11) is 0. The van der Waals surface area contributed by atoms with Crippen LogP contribution in [0.25, 0.3) is 0 Å². The van der Waals surface area contributed by atoms with Crippen molar-refractivity contribution in [3.8, 4) is 0 Å². The van der Waals surface area contributed by atoms with Crippen molar-refractivity contribution in [2.45, 2.75) is 19.0 Å². The highest BCUT2D eigenvalue weighted by atomic mass is 35.5. The molecule has 0 saturated carbocycles. The third kappa shape index (κ3) is 2.81. The second-order valence-electron chi connectivity index (χ2n) is 6.10. The fraction of sp³-hybridized carbons (Fsp3) is 0.533. The summed E-state index contributed by atoms with van der Waals surface area (Å²) in [6.45, 7) is 5.11. The van der Waals surface area contributed by atoms with E-state index in [1.165, 1.54) is 0 Å². The molecular weight excluding hydrogens is 334 g/mol. The topological polar surface area (TPSA) is 87.5 Å². The van der Waals surface area contributed by atoms with E-state index in [4.69, 9.17) is 20.9 Å². The molecule has 0 aromatic carbocycles. The van der Waals surface area contributed by atoms with Gasteiger partial charge >= 0.3 is 0 Å². The number of aromatic nitrogens is 3. The number of H-pyrrole nitrogens is 1. The second-order valence-corrected chi connectivity index (χ2v) is 6.54. The number of amides is 1. The number of hydrogen-bond donors (Lipinski definition) is 1. The maximum absolute atomic E-state index is 12.4. The third-order valence-electron chi connectivity index (χ3n) is 4.49. The Bertz CT molecular complexity index is 739. The molecule has 1 amide bonds. The molecule has 2 aliphatic heterocycles. The van der Waals surface area contributed by atoms with Crippen LogP contribution < -0.4 is 0 Å². The normalized spacial score (nSPS) is 22.6. The van der Waals surface area contributed by atoms with Gasteiger partial charge in [-0.3, -0.25) is 9.69 Å². The van der Waals surface area contributed by atoms with E-state index in [1.54, 1.807) is 24.1 Å². The minimum absolute atomic E-state index is 0.0309. The number of carbonyl (C=O) groups excluding carboxylic acids is 1. The van der Waals surface area contributed by atoms with Crippen LogP contribution in [0.3, 0.4) is 0 Å². The number of hydrogen-bond acceptors (Lipinski definition) is 6. The summed E-state index contributed by atoms with van der Waals surface area (Å²) in [6, 6.07) is 1.86.